The van der Waals surface area contributed by atoms with Gasteiger partial charge in [0.1, 0.15) is 21.8 Å². The lowest BCUT2D eigenvalue weighted by atomic mass is 9.97. The highest BCUT2D eigenvalue weighted by Crippen LogP contribution is 2.36. The predicted molar refractivity (Wildman–Crippen MR) is 133 cm³/mol. The minimum absolute atomic E-state index is 0.133. The molecular weight excluding hydrogens is 444 g/mol. The maximum absolute atomic E-state index is 13.2. The fourth-order valence-corrected chi connectivity index (χ4v) is 5.43. The summed E-state index contributed by atoms with van der Waals surface area (Å²) >= 11 is 6.67. The summed E-state index contributed by atoms with van der Waals surface area (Å²) in [7, 11) is 1.59. The Bertz CT molecular complexity index is 1030. The van der Waals surface area contributed by atoms with Crippen molar-refractivity contribution in [1.29, 1.82) is 5.26 Å². The third-order valence-electron chi connectivity index (χ3n) is 6.04. The van der Waals surface area contributed by atoms with Gasteiger partial charge in [-0.1, -0.05) is 37.8 Å². The SMILES string of the molecule is CCCn1c(N2CCC(C)CC2)c(/C=C2/SC(=S)N(CCOC)C2=O)c(C)c(C#N)c1=O. The number of nitriles is 1. The van der Waals surface area contributed by atoms with Gasteiger partial charge < -0.3 is 9.64 Å². The lowest BCUT2D eigenvalue weighted by Crippen LogP contribution is -2.39. The van der Waals surface area contributed by atoms with Crippen molar-refractivity contribution in [2.75, 3.05) is 38.3 Å². The molecular formula is C23H30N4O3S2. The molecule has 3 rings (SSSR count). The number of piperidine rings is 1. The van der Waals surface area contributed by atoms with Crippen molar-refractivity contribution in [2.45, 2.75) is 46.6 Å². The summed E-state index contributed by atoms with van der Waals surface area (Å²) in [6.07, 6.45) is 4.67. The first kappa shape index (κ1) is 24.5. The molecule has 2 aliphatic heterocycles. The van der Waals surface area contributed by atoms with E-state index in [0.717, 1.165) is 43.7 Å². The number of ether oxygens (including phenoxy) is 1. The quantitative estimate of drug-likeness (QED) is 0.442. The summed E-state index contributed by atoms with van der Waals surface area (Å²) in [6, 6.07) is 2.10. The molecule has 2 aliphatic rings. The summed E-state index contributed by atoms with van der Waals surface area (Å²) in [5, 5.41) is 9.73. The Labute approximate surface area is 199 Å². The van der Waals surface area contributed by atoms with Crippen LogP contribution in [0.15, 0.2) is 9.70 Å². The fourth-order valence-electron chi connectivity index (χ4n) is 4.14. The number of anilines is 1. The van der Waals surface area contributed by atoms with E-state index in [2.05, 4.69) is 17.9 Å². The van der Waals surface area contributed by atoms with Crippen LogP contribution in [0.25, 0.3) is 6.08 Å². The topological polar surface area (TPSA) is 78.6 Å². The molecule has 0 radical (unpaired) electrons. The predicted octanol–water partition coefficient (Wildman–Crippen LogP) is 3.52. The zero-order chi connectivity index (χ0) is 23.4. The minimum atomic E-state index is -0.259. The summed E-state index contributed by atoms with van der Waals surface area (Å²) in [5.74, 6) is 1.28. The molecule has 0 spiro atoms. The van der Waals surface area contributed by atoms with Crippen molar-refractivity contribution in [3.05, 3.63) is 31.9 Å². The summed E-state index contributed by atoms with van der Waals surface area (Å²) in [6.45, 7) is 9.04. The maximum atomic E-state index is 13.2. The van der Waals surface area contributed by atoms with Crippen LogP contribution in [0.2, 0.25) is 0 Å². The highest BCUT2D eigenvalue weighted by molar-refractivity contribution is 8.26. The Balaban J connectivity index is 2.18. The monoisotopic (exact) mass is 474 g/mol. The van der Waals surface area contributed by atoms with Crippen LogP contribution < -0.4 is 10.5 Å². The second-order valence-electron chi connectivity index (χ2n) is 8.30. The first-order chi connectivity index (χ1) is 15.3. The highest BCUT2D eigenvalue weighted by Gasteiger charge is 2.33. The van der Waals surface area contributed by atoms with E-state index in [4.69, 9.17) is 17.0 Å². The molecule has 0 N–H and O–H groups in total. The van der Waals surface area contributed by atoms with Crippen molar-refractivity contribution in [3.8, 4) is 6.07 Å². The van der Waals surface area contributed by atoms with E-state index in [0.29, 0.717) is 40.4 Å². The molecule has 2 fully saturated rings. The number of rotatable bonds is 7. The van der Waals surface area contributed by atoms with Crippen LogP contribution in [0, 0.1) is 24.2 Å². The number of nitrogens with zero attached hydrogens (tertiary/aromatic N) is 4. The third kappa shape index (κ3) is 4.77. The summed E-state index contributed by atoms with van der Waals surface area (Å²) in [5.41, 5.74) is 1.25. The molecule has 32 heavy (non-hydrogen) atoms. The van der Waals surface area contributed by atoms with Crippen LogP contribution in [0.4, 0.5) is 5.82 Å². The largest absolute Gasteiger partial charge is 0.383 e. The van der Waals surface area contributed by atoms with E-state index in [9.17, 15) is 14.9 Å². The van der Waals surface area contributed by atoms with Crippen LogP contribution >= 0.6 is 24.0 Å². The molecule has 2 saturated heterocycles. The molecule has 0 aliphatic carbocycles. The molecule has 0 unspecified atom stereocenters. The third-order valence-corrected chi connectivity index (χ3v) is 7.42. The molecule has 172 valence electrons. The van der Waals surface area contributed by atoms with Gasteiger partial charge in [0.2, 0.25) is 0 Å². The molecule has 0 atom stereocenters. The second kappa shape index (κ2) is 10.6. The summed E-state index contributed by atoms with van der Waals surface area (Å²) in [4.78, 5) is 30.5. The van der Waals surface area contributed by atoms with Gasteiger partial charge in [0.05, 0.1) is 18.1 Å². The Morgan fingerprint density at radius 1 is 1.28 bits per heavy atom. The van der Waals surface area contributed by atoms with Crippen molar-refractivity contribution in [1.82, 2.24) is 9.47 Å². The van der Waals surface area contributed by atoms with E-state index < -0.39 is 0 Å². The number of carbonyl (C=O) groups excluding carboxylic acids is 1. The molecule has 7 nitrogen and oxygen atoms in total. The van der Waals surface area contributed by atoms with Crippen molar-refractivity contribution >= 4 is 46.1 Å². The number of amides is 1. The van der Waals surface area contributed by atoms with Gasteiger partial charge in [0, 0.05) is 32.3 Å². The number of thiocarbonyl (C=S) groups is 1. The number of hydrogen-bond acceptors (Lipinski definition) is 7. The lowest BCUT2D eigenvalue weighted by molar-refractivity contribution is -0.122. The second-order valence-corrected chi connectivity index (χ2v) is 9.98. The van der Waals surface area contributed by atoms with Crippen LogP contribution in [-0.4, -0.2) is 53.0 Å². The first-order valence-corrected chi connectivity index (χ1v) is 12.2. The summed E-state index contributed by atoms with van der Waals surface area (Å²) < 4.78 is 7.32. The lowest BCUT2D eigenvalue weighted by Gasteiger charge is -2.35. The first-order valence-electron chi connectivity index (χ1n) is 11.0. The molecule has 1 aromatic rings. The van der Waals surface area contributed by atoms with Gasteiger partial charge in [-0.05, 0) is 43.7 Å². The van der Waals surface area contributed by atoms with Crippen molar-refractivity contribution in [3.63, 3.8) is 0 Å². The molecule has 0 saturated carbocycles. The number of hydrogen-bond donors (Lipinski definition) is 0. The number of thioether (sulfide) groups is 1. The van der Waals surface area contributed by atoms with Crippen LogP contribution in [0.5, 0.6) is 0 Å². The van der Waals surface area contributed by atoms with Crippen molar-refractivity contribution < 1.29 is 9.53 Å². The van der Waals surface area contributed by atoms with Gasteiger partial charge in [-0.25, -0.2) is 0 Å². The Morgan fingerprint density at radius 2 is 1.97 bits per heavy atom. The highest BCUT2D eigenvalue weighted by atomic mass is 32.2. The van der Waals surface area contributed by atoms with Gasteiger partial charge in [-0.2, -0.15) is 5.26 Å². The Morgan fingerprint density at radius 3 is 2.56 bits per heavy atom. The zero-order valence-corrected chi connectivity index (χ0v) is 20.8. The van der Waals surface area contributed by atoms with E-state index in [-0.39, 0.29) is 17.0 Å². The average molecular weight is 475 g/mol. The molecule has 3 heterocycles. The Hall–Kier alpha value is -2.15. The smallest absolute Gasteiger partial charge is 0.270 e. The molecule has 9 heteroatoms. The number of carbonyl (C=O) groups is 1. The maximum Gasteiger partial charge on any atom is 0.270 e. The molecule has 1 aromatic heterocycles. The fraction of sp³-hybridized carbons (Fsp3) is 0.565. The van der Waals surface area contributed by atoms with Gasteiger partial charge in [-0.3, -0.25) is 19.1 Å². The molecule has 0 bridgehead atoms. The normalized spacial score (nSPS) is 18.7. The molecule has 1 amide bonds. The average Bonchev–Trinajstić information content (AvgIpc) is 3.04. The van der Waals surface area contributed by atoms with E-state index in [1.54, 1.807) is 23.5 Å². The van der Waals surface area contributed by atoms with Crippen LogP contribution in [0.1, 0.15) is 49.8 Å². The number of pyridine rings is 1. The zero-order valence-electron chi connectivity index (χ0n) is 19.1. The van der Waals surface area contributed by atoms with Gasteiger partial charge in [0.25, 0.3) is 11.5 Å². The van der Waals surface area contributed by atoms with E-state index in [1.165, 1.54) is 11.8 Å². The van der Waals surface area contributed by atoms with Gasteiger partial charge in [-0.15, -0.1) is 0 Å². The number of aromatic nitrogens is 1. The standard InChI is InChI=1S/C23H30N4O3S2/c1-5-8-26-20(25-9-6-15(2)7-10-25)17(16(3)18(14-24)21(26)28)13-19-22(29)27(11-12-30-4)23(31)32-19/h13,15H,5-12H2,1-4H3/b19-13+. The van der Waals surface area contributed by atoms with Crippen molar-refractivity contribution in [2.24, 2.45) is 5.92 Å². The van der Waals surface area contributed by atoms with Crippen LogP contribution in [0.3, 0.4) is 0 Å². The van der Waals surface area contributed by atoms with E-state index >= 15 is 0 Å². The van der Waals surface area contributed by atoms with Crippen LogP contribution in [-0.2, 0) is 16.1 Å². The molecule has 0 aromatic carbocycles. The Kier molecular flexibility index (Phi) is 8.15. The van der Waals surface area contributed by atoms with Gasteiger partial charge in [0.15, 0.2) is 0 Å². The van der Waals surface area contributed by atoms with E-state index in [1.807, 2.05) is 13.0 Å². The van der Waals surface area contributed by atoms with Gasteiger partial charge >= 0.3 is 0 Å². The number of methoxy groups -OCH3 is 1. The minimum Gasteiger partial charge on any atom is -0.383 e.